The number of hydrogen-bond donors (Lipinski definition) is 2. The summed E-state index contributed by atoms with van der Waals surface area (Å²) in [5.41, 5.74) is 0.544. The molecule has 0 radical (unpaired) electrons. The van der Waals surface area contributed by atoms with Crippen LogP contribution in [-0.4, -0.2) is 15.7 Å². The molecule has 7 heteroatoms. The minimum atomic E-state index is -0.474. The summed E-state index contributed by atoms with van der Waals surface area (Å²) in [5, 5.41) is 13.9. The van der Waals surface area contributed by atoms with Crippen LogP contribution in [0.4, 0.5) is 16.1 Å². The Morgan fingerprint density at radius 1 is 1.30 bits per heavy atom. The third-order valence-corrected chi connectivity index (χ3v) is 2.70. The molecule has 0 aliphatic heterocycles. The lowest BCUT2D eigenvalue weighted by atomic mass is 10.1. The van der Waals surface area contributed by atoms with Gasteiger partial charge in [0.15, 0.2) is 0 Å². The minimum Gasteiger partial charge on any atom is -0.406 e. The van der Waals surface area contributed by atoms with Crippen molar-refractivity contribution in [2.75, 3.05) is 5.32 Å². The van der Waals surface area contributed by atoms with Gasteiger partial charge < -0.3 is 15.1 Å². The second-order valence-electron chi connectivity index (χ2n) is 5.36. The van der Waals surface area contributed by atoms with Crippen LogP contribution in [0.3, 0.4) is 0 Å². The fraction of sp³-hybridized carbons (Fsp3) is 0.385. The standard InChI is InChI=1S/C13H16ClFN4O/c1-13(2,3)16-7-11-18-19-12(20-11)17-8-4-5-10(15)9(14)6-8/h4-6,16H,7H2,1-3H3,(H,17,19). The van der Waals surface area contributed by atoms with E-state index in [0.717, 1.165) is 0 Å². The highest BCUT2D eigenvalue weighted by Crippen LogP contribution is 2.22. The minimum absolute atomic E-state index is 0.0316. The SMILES string of the molecule is CC(C)(C)NCc1nnc(Nc2ccc(F)c(Cl)c2)o1. The molecule has 1 aromatic carbocycles. The molecule has 2 N–H and O–H groups in total. The molecular weight excluding hydrogens is 283 g/mol. The fourth-order valence-corrected chi connectivity index (χ4v) is 1.59. The van der Waals surface area contributed by atoms with Gasteiger partial charge in [-0.1, -0.05) is 16.7 Å². The average Bonchev–Trinajstić information content (AvgIpc) is 2.78. The zero-order valence-electron chi connectivity index (χ0n) is 11.5. The summed E-state index contributed by atoms with van der Waals surface area (Å²) in [6, 6.07) is 4.49. The van der Waals surface area contributed by atoms with Crippen LogP contribution in [0, 0.1) is 5.82 Å². The number of hydrogen-bond acceptors (Lipinski definition) is 5. The molecule has 5 nitrogen and oxygen atoms in total. The summed E-state index contributed by atoms with van der Waals surface area (Å²) in [5.74, 6) is -0.00607. The van der Waals surface area contributed by atoms with Crippen molar-refractivity contribution in [3.8, 4) is 0 Å². The van der Waals surface area contributed by atoms with Gasteiger partial charge in [-0.2, -0.15) is 0 Å². The highest BCUT2D eigenvalue weighted by Gasteiger charge is 2.12. The van der Waals surface area contributed by atoms with Crippen molar-refractivity contribution in [3.05, 3.63) is 34.9 Å². The van der Waals surface area contributed by atoms with E-state index in [4.69, 9.17) is 16.0 Å². The Bertz CT molecular complexity index is 594. The van der Waals surface area contributed by atoms with Crippen molar-refractivity contribution in [2.45, 2.75) is 32.9 Å². The van der Waals surface area contributed by atoms with Gasteiger partial charge >= 0.3 is 6.01 Å². The van der Waals surface area contributed by atoms with E-state index in [9.17, 15) is 4.39 Å². The first kappa shape index (κ1) is 14.7. The van der Waals surface area contributed by atoms with E-state index in [1.54, 1.807) is 6.07 Å². The molecule has 0 saturated carbocycles. The lowest BCUT2D eigenvalue weighted by Crippen LogP contribution is -2.35. The predicted molar refractivity (Wildman–Crippen MR) is 75.6 cm³/mol. The van der Waals surface area contributed by atoms with E-state index in [-0.39, 0.29) is 16.6 Å². The third-order valence-electron chi connectivity index (χ3n) is 2.41. The van der Waals surface area contributed by atoms with Gasteiger partial charge in [0.1, 0.15) is 5.82 Å². The Morgan fingerprint density at radius 3 is 2.70 bits per heavy atom. The van der Waals surface area contributed by atoms with Crippen LogP contribution in [0.1, 0.15) is 26.7 Å². The van der Waals surface area contributed by atoms with Crippen LogP contribution in [0.5, 0.6) is 0 Å². The summed E-state index contributed by atoms with van der Waals surface area (Å²) in [6.45, 7) is 6.61. The summed E-state index contributed by atoms with van der Waals surface area (Å²) in [6.07, 6.45) is 0. The first-order valence-electron chi connectivity index (χ1n) is 6.13. The van der Waals surface area contributed by atoms with Crippen molar-refractivity contribution in [2.24, 2.45) is 0 Å². The molecule has 20 heavy (non-hydrogen) atoms. The molecule has 0 aliphatic rings. The highest BCUT2D eigenvalue weighted by molar-refractivity contribution is 6.31. The number of aromatic nitrogens is 2. The monoisotopic (exact) mass is 298 g/mol. The van der Waals surface area contributed by atoms with Gasteiger partial charge in [-0.05, 0) is 39.0 Å². The molecule has 0 unspecified atom stereocenters. The molecule has 0 spiro atoms. The Morgan fingerprint density at radius 2 is 2.05 bits per heavy atom. The van der Waals surface area contributed by atoms with Gasteiger partial charge in [0, 0.05) is 11.2 Å². The van der Waals surface area contributed by atoms with E-state index in [1.165, 1.54) is 12.1 Å². The lowest BCUT2D eigenvalue weighted by Gasteiger charge is -2.18. The van der Waals surface area contributed by atoms with Crippen molar-refractivity contribution in [3.63, 3.8) is 0 Å². The Balaban J connectivity index is 2.00. The number of halogens is 2. The summed E-state index contributed by atoms with van der Waals surface area (Å²) in [4.78, 5) is 0. The molecule has 0 amide bonds. The van der Waals surface area contributed by atoms with Crippen LogP contribution < -0.4 is 10.6 Å². The molecule has 0 fully saturated rings. The third kappa shape index (κ3) is 4.18. The Kier molecular flexibility index (Phi) is 4.25. The second kappa shape index (κ2) is 5.76. The maximum atomic E-state index is 13.0. The molecule has 0 atom stereocenters. The molecule has 1 heterocycles. The van der Waals surface area contributed by atoms with Crippen LogP contribution in [0.15, 0.2) is 22.6 Å². The molecule has 108 valence electrons. The van der Waals surface area contributed by atoms with Crippen molar-refractivity contribution in [1.29, 1.82) is 0 Å². The summed E-state index contributed by atoms with van der Waals surface area (Å²) in [7, 11) is 0. The second-order valence-corrected chi connectivity index (χ2v) is 5.77. The Hall–Kier alpha value is -1.66. The molecule has 2 rings (SSSR count). The molecule has 2 aromatic rings. The van der Waals surface area contributed by atoms with Crippen LogP contribution in [0.2, 0.25) is 5.02 Å². The summed E-state index contributed by atoms with van der Waals surface area (Å²) < 4.78 is 18.5. The zero-order valence-corrected chi connectivity index (χ0v) is 12.3. The van der Waals surface area contributed by atoms with Crippen molar-refractivity contribution in [1.82, 2.24) is 15.5 Å². The molecular formula is C13H16ClFN4O. The first-order valence-corrected chi connectivity index (χ1v) is 6.51. The van der Waals surface area contributed by atoms with E-state index >= 15 is 0 Å². The molecule has 0 saturated heterocycles. The number of rotatable bonds is 4. The number of nitrogens with one attached hydrogen (secondary N) is 2. The number of nitrogens with zero attached hydrogens (tertiary/aromatic N) is 2. The fourth-order valence-electron chi connectivity index (χ4n) is 1.41. The van der Waals surface area contributed by atoms with Gasteiger partial charge in [0.2, 0.25) is 5.89 Å². The van der Waals surface area contributed by atoms with Gasteiger partial charge in [-0.15, -0.1) is 5.10 Å². The van der Waals surface area contributed by atoms with Crippen LogP contribution >= 0.6 is 11.6 Å². The largest absolute Gasteiger partial charge is 0.406 e. The quantitative estimate of drug-likeness (QED) is 0.904. The zero-order chi connectivity index (χ0) is 14.8. The van der Waals surface area contributed by atoms with E-state index in [1.807, 2.05) is 20.8 Å². The predicted octanol–water partition coefficient (Wildman–Crippen LogP) is 3.49. The highest BCUT2D eigenvalue weighted by atomic mass is 35.5. The average molecular weight is 299 g/mol. The van der Waals surface area contributed by atoms with Crippen molar-refractivity contribution < 1.29 is 8.81 Å². The van der Waals surface area contributed by atoms with Crippen LogP contribution in [0.25, 0.3) is 0 Å². The molecule has 0 bridgehead atoms. The van der Waals surface area contributed by atoms with Gasteiger partial charge in [-0.3, -0.25) is 0 Å². The van der Waals surface area contributed by atoms with E-state index in [2.05, 4.69) is 20.8 Å². The van der Waals surface area contributed by atoms with Crippen LogP contribution in [-0.2, 0) is 6.54 Å². The first-order chi connectivity index (χ1) is 9.33. The lowest BCUT2D eigenvalue weighted by molar-refractivity contribution is 0.384. The molecule has 1 aromatic heterocycles. The van der Waals surface area contributed by atoms with E-state index < -0.39 is 5.82 Å². The summed E-state index contributed by atoms with van der Waals surface area (Å²) >= 11 is 5.69. The molecule has 0 aliphatic carbocycles. The normalized spacial score (nSPS) is 11.7. The Labute approximate surface area is 121 Å². The van der Waals surface area contributed by atoms with Gasteiger partial charge in [-0.25, -0.2) is 4.39 Å². The number of benzene rings is 1. The topological polar surface area (TPSA) is 63.0 Å². The smallest absolute Gasteiger partial charge is 0.320 e. The van der Waals surface area contributed by atoms with Gasteiger partial charge in [0.05, 0.1) is 11.6 Å². The van der Waals surface area contributed by atoms with Crippen molar-refractivity contribution >= 4 is 23.3 Å². The number of anilines is 2. The van der Waals surface area contributed by atoms with E-state index in [0.29, 0.717) is 18.1 Å². The maximum Gasteiger partial charge on any atom is 0.320 e. The van der Waals surface area contributed by atoms with Gasteiger partial charge in [0.25, 0.3) is 0 Å². The maximum absolute atomic E-state index is 13.0.